The maximum Gasteiger partial charge on any atom is 0.169 e. The molecule has 5 rings (SSSR count). The number of benzene rings is 1. The maximum atomic E-state index is 5.23. The van der Waals surface area contributed by atoms with E-state index >= 15 is 0 Å². The van der Waals surface area contributed by atoms with E-state index in [2.05, 4.69) is 38.4 Å². The third-order valence-corrected chi connectivity index (χ3v) is 6.92. The number of thiazole rings is 1. The summed E-state index contributed by atoms with van der Waals surface area (Å²) < 4.78 is 5.23. The second-order valence-electron chi connectivity index (χ2n) is 6.96. The molecule has 3 aromatic heterocycles. The Morgan fingerprint density at radius 3 is 2.79 bits per heavy atom. The van der Waals surface area contributed by atoms with Crippen LogP contribution in [0.1, 0.15) is 16.1 Å². The Labute approximate surface area is 177 Å². The molecule has 5 nitrogen and oxygen atoms in total. The first-order valence-corrected chi connectivity index (χ1v) is 11.2. The molecule has 0 atom stereocenters. The number of hydrogen-bond donors (Lipinski definition) is 0. The summed E-state index contributed by atoms with van der Waals surface area (Å²) in [6, 6.07) is 12.2. The number of ether oxygens (including phenoxy) is 1. The van der Waals surface area contributed by atoms with Crippen LogP contribution in [0.5, 0.6) is 5.75 Å². The van der Waals surface area contributed by atoms with Gasteiger partial charge in [-0.2, -0.15) is 0 Å². The van der Waals surface area contributed by atoms with Gasteiger partial charge in [0.15, 0.2) is 5.82 Å². The molecule has 0 bridgehead atoms. The number of nitrogens with zero attached hydrogens (tertiary/aromatic N) is 4. The first-order valence-electron chi connectivity index (χ1n) is 9.48. The molecule has 0 spiro atoms. The Morgan fingerprint density at radius 2 is 2.00 bits per heavy atom. The molecule has 0 amide bonds. The molecule has 4 heterocycles. The minimum Gasteiger partial charge on any atom is -0.497 e. The van der Waals surface area contributed by atoms with Gasteiger partial charge in [0.25, 0.3) is 0 Å². The number of methoxy groups -OCH3 is 1. The van der Waals surface area contributed by atoms with Crippen LogP contribution in [-0.2, 0) is 19.5 Å². The lowest BCUT2D eigenvalue weighted by Gasteiger charge is -2.27. The van der Waals surface area contributed by atoms with Crippen LogP contribution in [0, 0.1) is 0 Å². The highest BCUT2D eigenvalue weighted by molar-refractivity contribution is 7.15. The van der Waals surface area contributed by atoms with E-state index in [4.69, 9.17) is 9.72 Å². The van der Waals surface area contributed by atoms with Crippen LogP contribution in [0.2, 0.25) is 0 Å². The van der Waals surface area contributed by atoms with Gasteiger partial charge >= 0.3 is 0 Å². The SMILES string of the molecule is COc1ccc(-c2ncc(CN3CCc4nc(-c5cccs5)ncc4C3)s2)cc1. The quantitative estimate of drug-likeness (QED) is 0.460. The van der Waals surface area contributed by atoms with Crippen molar-refractivity contribution in [3.05, 3.63) is 70.3 Å². The Bertz CT molecular complexity index is 1110. The van der Waals surface area contributed by atoms with Gasteiger partial charge in [0, 0.05) is 54.5 Å². The van der Waals surface area contributed by atoms with Gasteiger partial charge in [-0.3, -0.25) is 4.90 Å². The predicted octanol–water partition coefficient (Wildman–Crippen LogP) is 4.90. The molecule has 1 aromatic carbocycles. The smallest absolute Gasteiger partial charge is 0.169 e. The number of thiophene rings is 1. The summed E-state index contributed by atoms with van der Waals surface area (Å²) in [5.74, 6) is 1.71. The van der Waals surface area contributed by atoms with E-state index in [1.165, 1.54) is 16.1 Å². The summed E-state index contributed by atoms with van der Waals surface area (Å²) >= 11 is 3.44. The second kappa shape index (κ2) is 8.02. The predicted molar refractivity (Wildman–Crippen MR) is 117 cm³/mol. The Hall–Kier alpha value is -2.61. The van der Waals surface area contributed by atoms with Crippen LogP contribution >= 0.6 is 22.7 Å². The topological polar surface area (TPSA) is 51.1 Å². The molecule has 0 aliphatic carbocycles. The molecule has 146 valence electrons. The number of hydrogen-bond acceptors (Lipinski definition) is 7. The van der Waals surface area contributed by atoms with Crippen molar-refractivity contribution in [1.82, 2.24) is 19.9 Å². The summed E-state index contributed by atoms with van der Waals surface area (Å²) in [5.41, 5.74) is 3.54. The monoisotopic (exact) mass is 420 g/mol. The van der Waals surface area contributed by atoms with E-state index in [0.29, 0.717) is 0 Å². The zero-order valence-corrected chi connectivity index (χ0v) is 17.7. The Morgan fingerprint density at radius 1 is 1.10 bits per heavy atom. The largest absolute Gasteiger partial charge is 0.497 e. The van der Waals surface area contributed by atoms with Crippen LogP contribution in [0.25, 0.3) is 21.3 Å². The highest BCUT2D eigenvalue weighted by Gasteiger charge is 2.20. The summed E-state index contributed by atoms with van der Waals surface area (Å²) in [7, 11) is 1.68. The molecule has 0 N–H and O–H groups in total. The molecule has 0 radical (unpaired) electrons. The van der Waals surface area contributed by atoms with Gasteiger partial charge in [-0.25, -0.2) is 15.0 Å². The molecule has 7 heteroatoms. The molecule has 0 unspecified atom stereocenters. The van der Waals surface area contributed by atoms with Gasteiger partial charge < -0.3 is 4.74 Å². The van der Waals surface area contributed by atoms with E-state index in [-0.39, 0.29) is 0 Å². The first kappa shape index (κ1) is 18.4. The molecule has 1 aliphatic rings. The molecule has 4 aromatic rings. The highest BCUT2D eigenvalue weighted by Crippen LogP contribution is 2.29. The van der Waals surface area contributed by atoms with E-state index in [0.717, 1.165) is 53.1 Å². The Balaban J connectivity index is 1.27. The maximum absolute atomic E-state index is 5.23. The van der Waals surface area contributed by atoms with Crippen molar-refractivity contribution in [3.8, 4) is 27.0 Å². The van der Waals surface area contributed by atoms with Gasteiger partial charge in [-0.1, -0.05) is 6.07 Å². The summed E-state index contributed by atoms with van der Waals surface area (Å²) in [5, 5.41) is 3.11. The van der Waals surface area contributed by atoms with E-state index in [9.17, 15) is 0 Å². The van der Waals surface area contributed by atoms with Crippen LogP contribution < -0.4 is 4.74 Å². The average Bonchev–Trinajstić information content (AvgIpc) is 3.46. The summed E-state index contributed by atoms with van der Waals surface area (Å²) in [4.78, 5) is 18.9. The molecule has 29 heavy (non-hydrogen) atoms. The van der Waals surface area contributed by atoms with Crippen molar-refractivity contribution >= 4 is 22.7 Å². The lowest BCUT2D eigenvalue weighted by atomic mass is 10.1. The fourth-order valence-corrected chi connectivity index (χ4v) is 5.13. The van der Waals surface area contributed by atoms with Crippen LogP contribution in [-0.4, -0.2) is 33.5 Å². The van der Waals surface area contributed by atoms with Gasteiger partial charge in [0.05, 0.1) is 17.7 Å². The minimum absolute atomic E-state index is 0.846. The number of fused-ring (bicyclic) bond motifs is 1. The second-order valence-corrected chi connectivity index (χ2v) is 9.03. The normalized spacial score (nSPS) is 14.0. The lowest BCUT2D eigenvalue weighted by Crippen LogP contribution is -2.30. The van der Waals surface area contributed by atoms with Crippen molar-refractivity contribution in [3.63, 3.8) is 0 Å². The molecular formula is C22H20N4OS2. The molecule has 1 aliphatic heterocycles. The molecule has 0 fully saturated rings. The van der Waals surface area contributed by atoms with Crippen LogP contribution in [0.4, 0.5) is 0 Å². The minimum atomic E-state index is 0.846. The van der Waals surface area contributed by atoms with Crippen molar-refractivity contribution in [2.45, 2.75) is 19.5 Å². The Kier molecular flexibility index (Phi) is 5.10. The zero-order valence-electron chi connectivity index (χ0n) is 16.0. The average molecular weight is 421 g/mol. The van der Waals surface area contributed by atoms with Crippen molar-refractivity contribution < 1.29 is 4.74 Å². The fourth-order valence-electron chi connectivity index (χ4n) is 3.50. The van der Waals surface area contributed by atoms with Crippen molar-refractivity contribution in [1.29, 1.82) is 0 Å². The van der Waals surface area contributed by atoms with Gasteiger partial charge in [0.2, 0.25) is 0 Å². The standard InChI is InChI=1S/C22H20N4OS2/c1-27-17-6-4-15(5-7-17)22-24-12-18(29-22)14-26-9-8-19-16(13-26)11-23-21(25-19)20-3-2-10-28-20/h2-7,10-12H,8-9,13-14H2,1H3. The third kappa shape index (κ3) is 3.94. The number of aromatic nitrogens is 3. The highest BCUT2D eigenvalue weighted by atomic mass is 32.1. The molecular weight excluding hydrogens is 400 g/mol. The first-order chi connectivity index (χ1) is 14.3. The van der Waals surface area contributed by atoms with Crippen molar-refractivity contribution in [2.24, 2.45) is 0 Å². The van der Waals surface area contributed by atoms with Crippen LogP contribution in [0.3, 0.4) is 0 Å². The van der Waals surface area contributed by atoms with Gasteiger partial charge in [-0.05, 0) is 35.7 Å². The zero-order chi connectivity index (χ0) is 19.6. The van der Waals surface area contributed by atoms with E-state index in [1.54, 1.807) is 29.8 Å². The molecule has 0 saturated heterocycles. The summed E-state index contributed by atoms with van der Waals surface area (Å²) in [6.45, 7) is 2.79. The van der Waals surface area contributed by atoms with Gasteiger partial charge in [-0.15, -0.1) is 22.7 Å². The van der Waals surface area contributed by atoms with Gasteiger partial charge in [0.1, 0.15) is 10.8 Å². The summed E-state index contributed by atoms with van der Waals surface area (Å²) in [6.07, 6.45) is 4.95. The lowest BCUT2D eigenvalue weighted by molar-refractivity contribution is 0.245. The molecule has 0 saturated carbocycles. The van der Waals surface area contributed by atoms with E-state index < -0.39 is 0 Å². The van der Waals surface area contributed by atoms with Crippen LogP contribution in [0.15, 0.2) is 54.2 Å². The third-order valence-electron chi connectivity index (χ3n) is 5.02. The van der Waals surface area contributed by atoms with E-state index in [1.807, 2.05) is 30.6 Å². The van der Waals surface area contributed by atoms with Crippen molar-refractivity contribution in [2.75, 3.05) is 13.7 Å². The number of rotatable bonds is 5. The fraction of sp³-hybridized carbons (Fsp3) is 0.227.